The third-order valence-corrected chi connectivity index (χ3v) is 11.3. The maximum Gasteiger partial charge on any atom is 0.335 e. The van der Waals surface area contributed by atoms with Crippen molar-refractivity contribution in [2.24, 2.45) is 0 Å². The van der Waals surface area contributed by atoms with Gasteiger partial charge in [-0.15, -0.1) is 0 Å². The number of aliphatic carboxylic acids is 1. The molecule has 1 heterocycles. The summed E-state index contributed by atoms with van der Waals surface area (Å²) in [6.45, 7) is 5.70. The Balaban J connectivity index is 2.80. The zero-order valence-corrected chi connectivity index (χ0v) is 41.6. The molecule has 6 unspecified atom stereocenters. The van der Waals surface area contributed by atoms with Crippen molar-refractivity contribution in [2.45, 2.75) is 237 Å². The Morgan fingerprint density at radius 2 is 1.00 bits per heavy atom. The lowest BCUT2D eigenvalue weighted by atomic mass is 9.98. The Hall–Kier alpha value is -3.84. The largest absolute Gasteiger partial charge is 0.479 e. The number of ether oxygens (including phenoxy) is 5. The van der Waals surface area contributed by atoms with E-state index in [-0.39, 0.29) is 25.9 Å². The molecule has 3 N–H and O–H groups in total. The van der Waals surface area contributed by atoms with Gasteiger partial charge in [-0.25, -0.2) is 4.79 Å². The number of allylic oxidation sites excluding steroid dienone is 11. The molecule has 0 saturated carbocycles. The molecule has 1 aliphatic heterocycles. The lowest BCUT2D eigenvalue weighted by Crippen LogP contribution is -2.61. The second kappa shape index (κ2) is 43.4. The van der Waals surface area contributed by atoms with Gasteiger partial charge in [-0.05, 0) is 64.2 Å². The van der Waals surface area contributed by atoms with Crippen molar-refractivity contribution in [1.29, 1.82) is 0 Å². The standard InChI is InChI=1S/C55H90O12/c1-4-7-10-13-16-19-22-23-24-25-28-29-32-35-38-41-47(56)63-44-46(65-48(57)42-39-36-33-30-26-20-17-14-11-8-5-2)45-64-55-53(51(60)50(59)52(67-55)54(61)62)66-49(58)43-40-37-34-31-27-21-18-15-12-9-6-3/h7,10,15-16,18-19,23-24,28-29,35,38,46,50-53,55,59-60H,4-6,8-9,11-14,17,20-22,25-27,30-34,36-37,39-45H2,1-3H3,(H,61,62)/b10-7-,18-15-,19-16-,24-23-,29-28-,38-35-. The van der Waals surface area contributed by atoms with Crippen LogP contribution < -0.4 is 0 Å². The smallest absolute Gasteiger partial charge is 0.335 e. The van der Waals surface area contributed by atoms with Crippen LogP contribution in [0.5, 0.6) is 0 Å². The van der Waals surface area contributed by atoms with Crippen LogP contribution in [0.15, 0.2) is 72.9 Å². The number of aliphatic hydroxyl groups is 2. The summed E-state index contributed by atoms with van der Waals surface area (Å²) in [5.41, 5.74) is 0. The number of esters is 3. The molecule has 1 fully saturated rings. The van der Waals surface area contributed by atoms with Crippen LogP contribution in [0.1, 0.15) is 201 Å². The minimum absolute atomic E-state index is 0.0155. The Morgan fingerprint density at radius 3 is 1.54 bits per heavy atom. The highest BCUT2D eigenvalue weighted by atomic mass is 16.7. The number of hydrogen-bond acceptors (Lipinski definition) is 11. The van der Waals surface area contributed by atoms with Crippen LogP contribution in [-0.2, 0) is 42.9 Å². The third kappa shape index (κ3) is 34.2. The van der Waals surface area contributed by atoms with Gasteiger partial charge in [-0.3, -0.25) is 14.4 Å². The molecule has 0 bridgehead atoms. The monoisotopic (exact) mass is 943 g/mol. The lowest BCUT2D eigenvalue weighted by molar-refractivity contribution is -0.301. The molecule has 1 saturated heterocycles. The van der Waals surface area contributed by atoms with E-state index in [1.807, 2.05) is 12.2 Å². The maximum absolute atomic E-state index is 13.0. The van der Waals surface area contributed by atoms with Crippen molar-refractivity contribution in [3.63, 3.8) is 0 Å². The minimum atomic E-state index is -1.91. The number of carbonyl (C=O) groups excluding carboxylic acids is 3. The van der Waals surface area contributed by atoms with E-state index in [4.69, 9.17) is 23.7 Å². The van der Waals surface area contributed by atoms with E-state index < -0.39 is 67.3 Å². The SMILES string of the molecule is CC/C=C\C/C=C\C/C=C\C/C=C\C/C=C\CC(=O)OCC(COC1OC(C(=O)O)C(O)C(O)C1OC(=O)CCCCCCC/C=C\CCCC)OC(=O)CCCCCCCCCCCCC. The molecule has 382 valence electrons. The van der Waals surface area contributed by atoms with E-state index in [9.17, 15) is 34.5 Å². The highest BCUT2D eigenvalue weighted by molar-refractivity contribution is 5.74. The second-order valence-corrected chi connectivity index (χ2v) is 17.4. The highest BCUT2D eigenvalue weighted by Gasteiger charge is 2.50. The van der Waals surface area contributed by atoms with Gasteiger partial charge in [0.05, 0.1) is 13.0 Å². The molecule has 12 nitrogen and oxygen atoms in total. The number of carbonyl (C=O) groups is 4. The fraction of sp³-hybridized carbons (Fsp3) is 0.709. The Bertz CT molecular complexity index is 1450. The number of carboxylic acids is 1. The molecule has 0 aromatic rings. The van der Waals surface area contributed by atoms with Crippen molar-refractivity contribution in [2.75, 3.05) is 13.2 Å². The summed E-state index contributed by atoms with van der Waals surface area (Å²) < 4.78 is 28.1. The van der Waals surface area contributed by atoms with Crippen LogP contribution in [0, 0.1) is 0 Å². The van der Waals surface area contributed by atoms with Gasteiger partial charge in [0.2, 0.25) is 0 Å². The van der Waals surface area contributed by atoms with Crippen LogP contribution >= 0.6 is 0 Å². The summed E-state index contributed by atoms with van der Waals surface area (Å²) in [5, 5.41) is 31.3. The van der Waals surface area contributed by atoms with Crippen molar-refractivity contribution < 1.29 is 58.2 Å². The highest BCUT2D eigenvalue weighted by Crippen LogP contribution is 2.26. The predicted molar refractivity (Wildman–Crippen MR) is 266 cm³/mol. The Morgan fingerprint density at radius 1 is 0.522 bits per heavy atom. The molecule has 0 radical (unpaired) electrons. The summed E-state index contributed by atoms with van der Waals surface area (Å²) >= 11 is 0. The Labute approximate surface area is 404 Å². The van der Waals surface area contributed by atoms with Crippen molar-refractivity contribution >= 4 is 23.9 Å². The summed E-state index contributed by atoms with van der Waals surface area (Å²) in [7, 11) is 0. The van der Waals surface area contributed by atoms with E-state index >= 15 is 0 Å². The molecular weight excluding hydrogens is 853 g/mol. The van der Waals surface area contributed by atoms with E-state index in [0.717, 1.165) is 83.5 Å². The van der Waals surface area contributed by atoms with Crippen molar-refractivity contribution in [3.05, 3.63) is 72.9 Å². The molecule has 0 aromatic heterocycles. The Kier molecular flexibility index (Phi) is 39.7. The molecule has 0 spiro atoms. The summed E-state index contributed by atoms with van der Waals surface area (Å²) in [4.78, 5) is 50.7. The first-order valence-electron chi connectivity index (χ1n) is 25.9. The molecule has 0 amide bonds. The molecule has 12 heteroatoms. The molecular formula is C55H90O12. The van der Waals surface area contributed by atoms with Crippen LogP contribution in [0.4, 0.5) is 0 Å². The number of unbranched alkanes of at least 4 members (excludes halogenated alkanes) is 17. The van der Waals surface area contributed by atoms with Gasteiger partial charge in [0.25, 0.3) is 0 Å². The van der Waals surface area contributed by atoms with Crippen LogP contribution in [0.3, 0.4) is 0 Å². The second-order valence-electron chi connectivity index (χ2n) is 17.4. The summed E-state index contributed by atoms with van der Waals surface area (Å²) in [5.74, 6) is -3.30. The number of carboxylic acid groups (broad SMARTS) is 1. The van der Waals surface area contributed by atoms with Crippen LogP contribution in [0.2, 0.25) is 0 Å². The molecule has 67 heavy (non-hydrogen) atoms. The van der Waals surface area contributed by atoms with E-state index in [2.05, 4.69) is 75.5 Å². The third-order valence-electron chi connectivity index (χ3n) is 11.3. The first-order chi connectivity index (χ1) is 32.6. The topological polar surface area (TPSA) is 175 Å². The number of rotatable bonds is 42. The van der Waals surface area contributed by atoms with E-state index in [1.54, 1.807) is 6.08 Å². The predicted octanol–water partition coefficient (Wildman–Crippen LogP) is 12.2. The fourth-order valence-electron chi connectivity index (χ4n) is 7.30. The van der Waals surface area contributed by atoms with Gasteiger partial charge in [-0.1, -0.05) is 190 Å². The van der Waals surface area contributed by atoms with Gasteiger partial charge in [0.15, 0.2) is 24.6 Å². The number of aliphatic hydroxyl groups excluding tert-OH is 2. The van der Waals surface area contributed by atoms with Gasteiger partial charge < -0.3 is 39.0 Å². The zero-order valence-electron chi connectivity index (χ0n) is 41.6. The van der Waals surface area contributed by atoms with E-state index in [0.29, 0.717) is 19.3 Å². The normalized spacial score (nSPS) is 19.4. The van der Waals surface area contributed by atoms with Gasteiger partial charge >= 0.3 is 23.9 Å². The fourth-order valence-corrected chi connectivity index (χ4v) is 7.30. The maximum atomic E-state index is 13.0. The summed E-state index contributed by atoms with van der Waals surface area (Å²) in [6, 6.07) is 0. The minimum Gasteiger partial charge on any atom is -0.479 e. The zero-order chi connectivity index (χ0) is 49.0. The lowest BCUT2D eigenvalue weighted by Gasteiger charge is -2.40. The summed E-state index contributed by atoms with van der Waals surface area (Å²) in [6.07, 6.45) is 40.7. The van der Waals surface area contributed by atoms with Gasteiger partial charge in [-0.2, -0.15) is 0 Å². The first kappa shape index (κ1) is 61.2. The molecule has 0 aliphatic carbocycles. The molecule has 6 atom stereocenters. The van der Waals surface area contributed by atoms with Crippen LogP contribution in [-0.4, -0.2) is 89.2 Å². The quantitative estimate of drug-likeness (QED) is 0.0229. The van der Waals surface area contributed by atoms with Gasteiger partial charge in [0.1, 0.15) is 18.8 Å². The molecule has 1 rings (SSSR count). The average Bonchev–Trinajstić information content (AvgIpc) is 3.31. The van der Waals surface area contributed by atoms with Crippen LogP contribution in [0.25, 0.3) is 0 Å². The van der Waals surface area contributed by atoms with Crippen molar-refractivity contribution in [3.8, 4) is 0 Å². The average molecular weight is 943 g/mol. The van der Waals surface area contributed by atoms with Crippen molar-refractivity contribution in [1.82, 2.24) is 0 Å². The molecule has 0 aromatic carbocycles. The first-order valence-corrected chi connectivity index (χ1v) is 25.9. The van der Waals surface area contributed by atoms with E-state index in [1.165, 1.54) is 57.8 Å². The van der Waals surface area contributed by atoms with Gasteiger partial charge in [0, 0.05) is 12.8 Å². The number of hydrogen-bond donors (Lipinski definition) is 3. The molecule has 1 aliphatic rings.